The van der Waals surface area contributed by atoms with Gasteiger partial charge in [-0.1, -0.05) is 11.6 Å². The third-order valence-corrected chi connectivity index (χ3v) is 4.04. The average molecular weight is 231 g/mol. The molecule has 1 saturated heterocycles. The first kappa shape index (κ1) is 10.4. The van der Waals surface area contributed by atoms with Gasteiger partial charge in [0.1, 0.15) is 0 Å². The summed E-state index contributed by atoms with van der Waals surface area (Å²) in [6, 6.07) is 0. The first-order valence-corrected chi connectivity index (χ1v) is 6.13. The summed E-state index contributed by atoms with van der Waals surface area (Å²) in [5.74, 6) is 0. The quantitative estimate of drug-likeness (QED) is 0.776. The molecule has 0 atom stereocenters. The van der Waals surface area contributed by atoms with Crippen molar-refractivity contribution in [3.05, 3.63) is 15.5 Å². The highest BCUT2D eigenvalue weighted by molar-refractivity contribution is 7.15. The van der Waals surface area contributed by atoms with Gasteiger partial charge in [-0.15, -0.1) is 11.3 Å². The molecule has 2 heterocycles. The zero-order valence-electron chi connectivity index (χ0n) is 8.59. The van der Waals surface area contributed by atoms with Crippen molar-refractivity contribution in [3.8, 4) is 0 Å². The van der Waals surface area contributed by atoms with Crippen molar-refractivity contribution in [2.45, 2.75) is 38.8 Å². The van der Waals surface area contributed by atoms with Gasteiger partial charge in [-0.3, -0.25) is 4.90 Å². The fourth-order valence-electron chi connectivity index (χ4n) is 2.00. The van der Waals surface area contributed by atoms with Crippen LogP contribution in [0, 0.1) is 0 Å². The minimum absolute atomic E-state index is 0.344. The van der Waals surface area contributed by atoms with E-state index in [4.69, 9.17) is 11.6 Å². The molecule has 0 aliphatic carbocycles. The molecular weight excluding hydrogens is 216 g/mol. The molecule has 2 rings (SSSR count). The molecule has 0 radical (unpaired) electrons. The van der Waals surface area contributed by atoms with Gasteiger partial charge in [0.15, 0.2) is 4.47 Å². The summed E-state index contributed by atoms with van der Waals surface area (Å²) < 4.78 is 0.650. The Bertz CT molecular complexity index is 322. The van der Waals surface area contributed by atoms with E-state index in [9.17, 15) is 0 Å². The van der Waals surface area contributed by atoms with Crippen molar-refractivity contribution in [1.82, 2.24) is 9.88 Å². The molecule has 14 heavy (non-hydrogen) atoms. The maximum absolute atomic E-state index is 5.81. The van der Waals surface area contributed by atoms with E-state index in [1.807, 2.05) is 6.20 Å². The molecule has 4 heteroatoms. The van der Waals surface area contributed by atoms with Crippen LogP contribution in [0.25, 0.3) is 0 Å². The molecule has 0 spiro atoms. The van der Waals surface area contributed by atoms with E-state index in [1.165, 1.54) is 24.3 Å². The smallest absolute Gasteiger partial charge is 0.183 e. The third kappa shape index (κ3) is 2.10. The predicted molar refractivity (Wildman–Crippen MR) is 60.8 cm³/mol. The van der Waals surface area contributed by atoms with Crippen molar-refractivity contribution in [2.75, 3.05) is 6.54 Å². The molecular formula is C10H15ClN2S. The maximum atomic E-state index is 5.81. The van der Waals surface area contributed by atoms with E-state index in [0.717, 1.165) is 6.54 Å². The number of likely N-dealkylation sites (tertiary alicyclic amines) is 1. The summed E-state index contributed by atoms with van der Waals surface area (Å²) in [5, 5.41) is 0. The highest BCUT2D eigenvalue weighted by Crippen LogP contribution is 2.31. The van der Waals surface area contributed by atoms with Crippen LogP contribution in [0.4, 0.5) is 0 Å². The standard InChI is InChI=1S/C10H15ClN2S/c1-10(2)4-3-5-13(10)7-8-6-12-9(11)14-8/h6H,3-5,7H2,1-2H3. The maximum Gasteiger partial charge on any atom is 0.183 e. The lowest BCUT2D eigenvalue weighted by molar-refractivity contribution is 0.168. The molecule has 2 nitrogen and oxygen atoms in total. The van der Waals surface area contributed by atoms with Gasteiger partial charge in [-0.25, -0.2) is 4.98 Å². The van der Waals surface area contributed by atoms with Crippen molar-refractivity contribution in [1.29, 1.82) is 0 Å². The Kier molecular flexibility index (Phi) is 2.82. The third-order valence-electron chi connectivity index (χ3n) is 2.94. The molecule has 1 aliphatic heterocycles. The normalized spacial score (nSPS) is 21.6. The molecule has 0 N–H and O–H groups in total. The van der Waals surface area contributed by atoms with Crippen molar-refractivity contribution in [3.63, 3.8) is 0 Å². The van der Waals surface area contributed by atoms with Crippen LogP contribution in [0.2, 0.25) is 4.47 Å². The Morgan fingerprint density at radius 3 is 2.93 bits per heavy atom. The predicted octanol–water partition coefficient (Wildman–Crippen LogP) is 3.17. The lowest BCUT2D eigenvalue weighted by Gasteiger charge is -2.30. The molecule has 78 valence electrons. The number of halogens is 1. The van der Waals surface area contributed by atoms with Gasteiger partial charge in [0.2, 0.25) is 0 Å². The number of hydrogen-bond donors (Lipinski definition) is 0. The second-order valence-electron chi connectivity index (χ2n) is 4.42. The van der Waals surface area contributed by atoms with E-state index < -0.39 is 0 Å². The minimum Gasteiger partial charge on any atom is -0.293 e. The SMILES string of the molecule is CC1(C)CCCN1Cc1cnc(Cl)s1. The van der Waals surface area contributed by atoms with E-state index in [0.29, 0.717) is 10.0 Å². The van der Waals surface area contributed by atoms with Gasteiger partial charge in [0.25, 0.3) is 0 Å². The monoisotopic (exact) mass is 230 g/mol. The lowest BCUT2D eigenvalue weighted by atomic mass is 10.0. The molecule has 0 aromatic carbocycles. The highest BCUT2D eigenvalue weighted by atomic mass is 35.5. The van der Waals surface area contributed by atoms with Gasteiger partial charge < -0.3 is 0 Å². The Labute approximate surface area is 93.9 Å². The van der Waals surface area contributed by atoms with Gasteiger partial charge in [-0.2, -0.15) is 0 Å². The minimum atomic E-state index is 0.344. The van der Waals surface area contributed by atoms with Gasteiger partial charge in [0.05, 0.1) is 0 Å². The number of nitrogens with zero attached hydrogens (tertiary/aromatic N) is 2. The summed E-state index contributed by atoms with van der Waals surface area (Å²) in [5.41, 5.74) is 0.344. The zero-order valence-corrected chi connectivity index (χ0v) is 10.2. The van der Waals surface area contributed by atoms with Crippen LogP contribution in [0.3, 0.4) is 0 Å². The Hall–Kier alpha value is -0.120. The van der Waals surface area contributed by atoms with Gasteiger partial charge in [-0.05, 0) is 33.2 Å². The van der Waals surface area contributed by atoms with Crippen LogP contribution in [0.5, 0.6) is 0 Å². The molecule has 0 bridgehead atoms. The van der Waals surface area contributed by atoms with Crippen LogP contribution in [-0.2, 0) is 6.54 Å². The molecule has 0 unspecified atom stereocenters. The van der Waals surface area contributed by atoms with E-state index >= 15 is 0 Å². The Balaban J connectivity index is 2.04. The zero-order chi connectivity index (χ0) is 10.2. The molecule has 1 fully saturated rings. The number of aromatic nitrogens is 1. The van der Waals surface area contributed by atoms with Crippen molar-refractivity contribution < 1.29 is 0 Å². The summed E-state index contributed by atoms with van der Waals surface area (Å²) in [6.07, 6.45) is 4.49. The Morgan fingerprint density at radius 1 is 1.64 bits per heavy atom. The van der Waals surface area contributed by atoms with Crippen LogP contribution in [0.15, 0.2) is 6.20 Å². The summed E-state index contributed by atoms with van der Waals surface area (Å²) >= 11 is 7.39. The Morgan fingerprint density at radius 2 is 2.43 bits per heavy atom. The number of thiazole rings is 1. The summed E-state index contributed by atoms with van der Waals surface area (Å²) in [6.45, 7) is 6.81. The summed E-state index contributed by atoms with van der Waals surface area (Å²) in [7, 11) is 0. The second-order valence-corrected chi connectivity index (χ2v) is 6.11. The molecule has 1 aliphatic rings. The molecule has 1 aromatic heterocycles. The number of rotatable bonds is 2. The van der Waals surface area contributed by atoms with E-state index in [2.05, 4.69) is 23.7 Å². The van der Waals surface area contributed by atoms with Gasteiger partial charge >= 0.3 is 0 Å². The summed E-state index contributed by atoms with van der Waals surface area (Å²) in [4.78, 5) is 7.84. The van der Waals surface area contributed by atoms with Crippen LogP contribution >= 0.6 is 22.9 Å². The first-order chi connectivity index (χ1) is 6.58. The fraction of sp³-hybridized carbons (Fsp3) is 0.700. The highest BCUT2D eigenvalue weighted by Gasteiger charge is 2.31. The van der Waals surface area contributed by atoms with Crippen LogP contribution < -0.4 is 0 Å². The second kappa shape index (κ2) is 3.80. The molecule has 1 aromatic rings. The van der Waals surface area contributed by atoms with Crippen molar-refractivity contribution in [2.24, 2.45) is 0 Å². The fourth-order valence-corrected chi connectivity index (χ4v) is 2.99. The average Bonchev–Trinajstić information content (AvgIpc) is 2.61. The van der Waals surface area contributed by atoms with E-state index in [-0.39, 0.29) is 0 Å². The van der Waals surface area contributed by atoms with E-state index in [1.54, 1.807) is 11.3 Å². The van der Waals surface area contributed by atoms with Crippen molar-refractivity contribution >= 4 is 22.9 Å². The van der Waals surface area contributed by atoms with Crippen LogP contribution in [-0.4, -0.2) is 22.0 Å². The van der Waals surface area contributed by atoms with Crippen LogP contribution in [0.1, 0.15) is 31.6 Å². The molecule has 0 saturated carbocycles. The van der Waals surface area contributed by atoms with Gasteiger partial charge in [0, 0.05) is 23.2 Å². The molecule has 0 amide bonds. The lowest BCUT2D eigenvalue weighted by Crippen LogP contribution is -2.37. The first-order valence-electron chi connectivity index (χ1n) is 4.93. The largest absolute Gasteiger partial charge is 0.293 e. The number of hydrogen-bond acceptors (Lipinski definition) is 3. The topological polar surface area (TPSA) is 16.1 Å².